The maximum absolute atomic E-state index is 11.7. The average molecular weight is 362 g/mol. The Kier molecular flexibility index (Phi) is 7.26. The molecule has 1 heterocycles. The number of anilines is 1. The summed E-state index contributed by atoms with van der Waals surface area (Å²) in [6.07, 6.45) is 0.567. The third-order valence-electron chi connectivity index (χ3n) is 4.19. The van der Waals surface area contributed by atoms with Crippen molar-refractivity contribution in [2.75, 3.05) is 37.6 Å². The lowest BCUT2D eigenvalue weighted by molar-refractivity contribution is 0.139. The number of rotatable bonds is 7. The van der Waals surface area contributed by atoms with E-state index in [0.717, 1.165) is 36.9 Å². The van der Waals surface area contributed by atoms with Crippen LogP contribution in [0.3, 0.4) is 0 Å². The lowest BCUT2D eigenvalue weighted by Crippen LogP contribution is -2.52. The van der Waals surface area contributed by atoms with E-state index in [4.69, 9.17) is 16.8 Å². The minimum atomic E-state index is -1.90. The summed E-state index contributed by atoms with van der Waals surface area (Å²) in [5.41, 5.74) is 3.25. The van der Waals surface area contributed by atoms with Crippen molar-refractivity contribution in [1.29, 1.82) is 0 Å². The molecule has 0 saturated carbocycles. The number of nitrogens with zero attached hydrogens (tertiary/aromatic N) is 2. The molecule has 0 aromatic heterocycles. The Bertz CT molecular complexity index is 509. The second-order valence-corrected chi connectivity index (χ2v) is 7.47. The van der Waals surface area contributed by atoms with Crippen molar-refractivity contribution in [3.05, 3.63) is 29.3 Å². The highest BCUT2D eigenvalue weighted by atomic mass is 35.5. The number of hydrogen-bond donors (Lipinski definition) is 3. The lowest BCUT2D eigenvalue weighted by Gasteiger charge is -2.39. The highest BCUT2D eigenvalue weighted by Gasteiger charge is 2.29. The second kappa shape index (κ2) is 8.96. The van der Waals surface area contributed by atoms with Gasteiger partial charge >= 0.3 is 0 Å². The summed E-state index contributed by atoms with van der Waals surface area (Å²) in [6, 6.07) is 7.74. The van der Waals surface area contributed by atoms with Gasteiger partial charge in [-0.25, -0.2) is 9.69 Å². The number of halogens is 1. The van der Waals surface area contributed by atoms with Gasteiger partial charge in [-0.15, -0.1) is 0 Å². The Hall–Kier alpha value is -0.700. The molecule has 3 unspecified atom stereocenters. The molecule has 0 bridgehead atoms. The van der Waals surface area contributed by atoms with Crippen molar-refractivity contribution in [2.45, 2.75) is 18.7 Å². The molecule has 1 aromatic carbocycles. The minimum absolute atomic E-state index is 0.121. The zero-order valence-corrected chi connectivity index (χ0v) is 14.8. The van der Waals surface area contributed by atoms with Crippen molar-refractivity contribution in [1.82, 2.24) is 10.4 Å². The molecule has 23 heavy (non-hydrogen) atoms. The molecule has 6 nitrogen and oxygen atoms in total. The topological polar surface area (TPSA) is 76.0 Å². The first-order valence-electron chi connectivity index (χ1n) is 7.72. The van der Waals surface area contributed by atoms with Crippen LogP contribution in [-0.2, 0) is 11.1 Å². The molecule has 1 saturated heterocycles. The number of hydrogen-bond acceptors (Lipinski definition) is 5. The molecule has 130 valence electrons. The zero-order chi connectivity index (χ0) is 16.8. The highest BCUT2D eigenvalue weighted by Crippen LogP contribution is 2.22. The van der Waals surface area contributed by atoms with E-state index < -0.39 is 16.5 Å². The van der Waals surface area contributed by atoms with Gasteiger partial charge in [0.05, 0.1) is 0 Å². The van der Waals surface area contributed by atoms with Crippen LogP contribution in [0.2, 0.25) is 5.02 Å². The van der Waals surface area contributed by atoms with E-state index in [1.54, 1.807) is 0 Å². The second-order valence-electron chi connectivity index (χ2n) is 5.93. The molecule has 0 radical (unpaired) electrons. The predicted octanol–water partition coefficient (Wildman–Crippen LogP) is 2.01. The Balaban J connectivity index is 1.92. The molecule has 1 aliphatic heterocycles. The largest absolute Gasteiger partial charge is 0.369 e. The number of nitrogens with one attached hydrogen (secondary N) is 1. The molecule has 1 aromatic rings. The Morgan fingerprint density at radius 2 is 1.87 bits per heavy atom. The molecular formula is C15H24ClN3O3S. The Morgan fingerprint density at radius 1 is 1.26 bits per heavy atom. The van der Waals surface area contributed by atoms with Crippen LogP contribution in [0.15, 0.2) is 24.3 Å². The SMILES string of the molecule is CC(CNO)CC(N1CCN(c2ccc(Cl)cc2)CC1)S(=O)O. The van der Waals surface area contributed by atoms with Crippen LogP contribution in [0.5, 0.6) is 0 Å². The van der Waals surface area contributed by atoms with Crippen LogP contribution in [0, 0.1) is 5.92 Å². The van der Waals surface area contributed by atoms with Gasteiger partial charge in [0.1, 0.15) is 5.37 Å². The van der Waals surface area contributed by atoms with E-state index in [1.165, 1.54) is 0 Å². The molecule has 3 atom stereocenters. The fourth-order valence-corrected chi connectivity index (χ4v) is 3.95. The van der Waals surface area contributed by atoms with E-state index in [2.05, 4.69) is 15.3 Å². The summed E-state index contributed by atoms with van der Waals surface area (Å²) < 4.78 is 21.3. The molecule has 3 N–H and O–H groups in total. The third-order valence-corrected chi connectivity index (χ3v) is 5.40. The van der Waals surface area contributed by atoms with Gasteiger partial charge < -0.3 is 14.7 Å². The summed E-state index contributed by atoms with van der Waals surface area (Å²) in [5.74, 6) is 0.121. The van der Waals surface area contributed by atoms with Gasteiger partial charge in [0.2, 0.25) is 0 Å². The summed E-state index contributed by atoms with van der Waals surface area (Å²) in [4.78, 5) is 4.32. The quantitative estimate of drug-likeness (QED) is 0.509. The van der Waals surface area contributed by atoms with Gasteiger partial charge in [-0.1, -0.05) is 18.5 Å². The van der Waals surface area contributed by atoms with Gasteiger partial charge in [0.25, 0.3) is 0 Å². The summed E-state index contributed by atoms with van der Waals surface area (Å²) in [6.45, 7) is 5.45. The van der Waals surface area contributed by atoms with Crippen LogP contribution in [0.1, 0.15) is 13.3 Å². The maximum Gasteiger partial charge on any atom is 0.170 e. The third kappa shape index (κ3) is 5.41. The van der Waals surface area contributed by atoms with Gasteiger partial charge in [-0.2, -0.15) is 0 Å². The number of benzene rings is 1. The zero-order valence-electron chi connectivity index (χ0n) is 13.2. The predicted molar refractivity (Wildman–Crippen MR) is 93.4 cm³/mol. The Labute approximate surface area is 144 Å². The van der Waals surface area contributed by atoms with E-state index in [0.29, 0.717) is 13.0 Å². The normalized spacial score (nSPS) is 20.3. The maximum atomic E-state index is 11.7. The lowest BCUT2D eigenvalue weighted by atomic mass is 10.1. The molecule has 1 aliphatic rings. The van der Waals surface area contributed by atoms with Crippen molar-refractivity contribution in [2.24, 2.45) is 5.92 Å². The standard InChI is InChI=1S/C15H24ClN3O3S/c1-12(11-17-20)10-15(23(21)22)19-8-6-18(7-9-19)14-4-2-13(16)3-5-14/h2-5,12,15,17,20H,6-11H2,1H3,(H,21,22). The molecular weight excluding hydrogens is 338 g/mol. The van der Waals surface area contributed by atoms with E-state index in [1.807, 2.05) is 31.2 Å². The van der Waals surface area contributed by atoms with Crippen molar-refractivity contribution < 1.29 is 14.0 Å². The first kappa shape index (κ1) is 18.6. The Morgan fingerprint density at radius 3 is 2.39 bits per heavy atom. The van der Waals surface area contributed by atoms with E-state index in [-0.39, 0.29) is 5.92 Å². The summed E-state index contributed by atoms with van der Waals surface area (Å²) in [7, 11) is 0. The average Bonchev–Trinajstić information content (AvgIpc) is 2.54. The van der Waals surface area contributed by atoms with E-state index in [9.17, 15) is 8.76 Å². The van der Waals surface area contributed by atoms with Crippen LogP contribution >= 0.6 is 11.6 Å². The molecule has 0 amide bonds. The number of hydroxylamine groups is 1. The first-order valence-corrected chi connectivity index (χ1v) is 9.27. The fourth-order valence-electron chi connectivity index (χ4n) is 2.86. The van der Waals surface area contributed by atoms with Crippen LogP contribution in [0.25, 0.3) is 0 Å². The van der Waals surface area contributed by atoms with Crippen LogP contribution in [-0.4, -0.2) is 57.0 Å². The van der Waals surface area contributed by atoms with Gasteiger partial charge in [-0.05, 0) is 36.6 Å². The molecule has 1 fully saturated rings. The van der Waals surface area contributed by atoms with Crippen LogP contribution < -0.4 is 10.4 Å². The highest BCUT2D eigenvalue weighted by molar-refractivity contribution is 7.79. The van der Waals surface area contributed by atoms with Gasteiger partial charge in [0, 0.05) is 43.4 Å². The summed E-state index contributed by atoms with van der Waals surface area (Å²) in [5, 5.41) is 9.08. The molecule has 8 heteroatoms. The van der Waals surface area contributed by atoms with Crippen molar-refractivity contribution >= 4 is 28.4 Å². The van der Waals surface area contributed by atoms with Crippen molar-refractivity contribution in [3.8, 4) is 0 Å². The van der Waals surface area contributed by atoms with Crippen LogP contribution in [0.4, 0.5) is 5.69 Å². The monoisotopic (exact) mass is 361 g/mol. The molecule has 2 rings (SSSR count). The minimum Gasteiger partial charge on any atom is -0.369 e. The summed E-state index contributed by atoms with van der Waals surface area (Å²) >= 11 is 4.01. The smallest absolute Gasteiger partial charge is 0.170 e. The van der Waals surface area contributed by atoms with Gasteiger partial charge in [0.15, 0.2) is 11.1 Å². The first-order chi connectivity index (χ1) is 11.0. The number of piperazine rings is 1. The molecule has 0 spiro atoms. The molecule has 0 aliphatic carbocycles. The van der Waals surface area contributed by atoms with Gasteiger partial charge in [-0.3, -0.25) is 4.90 Å². The van der Waals surface area contributed by atoms with E-state index >= 15 is 0 Å². The van der Waals surface area contributed by atoms with Crippen molar-refractivity contribution in [3.63, 3.8) is 0 Å². The fraction of sp³-hybridized carbons (Fsp3) is 0.600.